The number of carbonyl (C=O) groups is 2. The third kappa shape index (κ3) is 6.56. The van der Waals surface area contributed by atoms with E-state index in [2.05, 4.69) is 15.4 Å². The smallest absolute Gasteiger partial charge is 0.270 e. The number of nitro benzene ring substituents is 1. The van der Waals surface area contributed by atoms with E-state index in [9.17, 15) is 36.9 Å². The van der Waals surface area contributed by atoms with Crippen LogP contribution in [0.2, 0.25) is 0 Å². The number of nitro groups is 1. The van der Waals surface area contributed by atoms with Crippen molar-refractivity contribution in [1.29, 1.82) is 0 Å². The zero-order valence-electron chi connectivity index (χ0n) is 15.2. The molecule has 30 heavy (non-hydrogen) atoms. The Kier molecular flexibility index (Phi) is 7.49. The van der Waals surface area contributed by atoms with Gasteiger partial charge in [0.15, 0.2) is 0 Å². The molecule has 10 nitrogen and oxygen atoms in total. The van der Waals surface area contributed by atoms with Crippen LogP contribution in [0.1, 0.15) is 10.4 Å². The summed E-state index contributed by atoms with van der Waals surface area (Å²) in [6, 6.07) is 6.65. The van der Waals surface area contributed by atoms with E-state index < -0.39 is 44.9 Å². The number of hydrogen-bond acceptors (Lipinski definition) is 6. The van der Waals surface area contributed by atoms with Gasteiger partial charge in [-0.05, 0) is 18.2 Å². The monoisotopic (exact) mass is 442 g/mol. The Morgan fingerprint density at radius 3 is 2.30 bits per heavy atom. The highest BCUT2D eigenvalue weighted by atomic mass is 32.2. The van der Waals surface area contributed by atoms with Gasteiger partial charge in [0, 0.05) is 36.9 Å². The van der Waals surface area contributed by atoms with E-state index in [-0.39, 0.29) is 29.2 Å². The highest BCUT2D eigenvalue weighted by Crippen LogP contribution is 2.16. The molecule has 0 aliphatic carbocycles. The molecule has 2 rings (SSSR count). The number of hydrogen-bond donors (Lipinski definition) is 3. The van der Waals surface area contributed by atoms with Crippen LogP contribution in [0, 0.1) is 21.7 Å². The maximum Gasteiger partial charge on any atom is 0.270 e. The quantitative estimate of drug-likeness (QED) is 0.296. The molecule has 0 heterocycles. The van der Waals surface area contributed by atoms with E-state index in [1.807, 2.05) is 0 Å². The molecular formula is C17H16F2N4O6S. The fourth-order valence-electron chi connectivity index (χ4n) is 2.24. The number of halogens is 2. The molecule has 0 radical (unpaired) electrons. The van der Waals surface area contributed by atoms with E-state index in [4.69, 9.17) is 0 Å². The van der Waals surface area contributed by atoms with Crippen molar-refractivity contribution >= 4 is 27.5 Å². The molecule has 2 amide bonds. The van der Waals surface area contributed by atoms with Crippen molar-refractivity contribution in [3.05, 3.63) is 69.8 Å². The van der Waals surface area contributed by atoms with Crippen molar-refractivity contribution in [1.82, 2.24) is 15.4 Å². The minimum Gasteiger partial charge on any atom is -0.353 e. The maximum absolute atomic E-state index is 13.1. The summed E-state index contributed by atoms with van der Waals surface area (Å²) >= 11 is 0. The average molecular weight is 442 g/mol. The molecular weight excluding hydrogens is 426 g/mol. The van der Waals surface area contributed by atoms with Gasteiger partial charge in [0.2, 0.25) is 15.9 Å². The number of benzene rings is 2. The van der Waals surface area contributed by atoms with Crippen molar-refractivity contribution in [2.45, 2.75) is 4.90 Å². The Morgan fingerprint density at radius 2 is 1.67 bits per heavy atom. The van der Waals surface area contributed by atoms with Gasteiger partial charge in [-0.15, -0.1) is 0 Å². The molecule has 13 heteroatoms. The average Bonchev–Trinajstić information content (AvgIpc) is 2.68. The van der Waals surface area contributed by atoms with Gasteiger partial charge < -0.3 is 10.6 Å². The second kappa shape index (κ2) is 9.84. The second-order valence-corrected chi connectivity index (χ2v) is 7.61. The fraction of sp³-hybridized carbons (Fsp3) is 0.176. The molecule has 0 aliphatic heterocycles. The number of nitrogens with zero attached hydrogens (tertiary/aromatic N) is 1. The molecule has 2 aromatic carbocycles. The van der Waals surface area contributed by atoms with Crippen LogP contribution in [-0.2, 0) is 14.8 Å². The van der Waals surface area contributed by atoms with Crippen LogP contribution in [0.5, 0.6) is 0 Å². The molecule has 2 aromatic rings. The van der Waals surface area contributed by atoms with Crippen LogP contribution >= 0.6 is 0 Å². The summed E-state index contributed by atoms with van der Waals surface area (Å²) < 4.78 is 52.6. The van der Waals surface area contributed by atoms with Crippen LogP contribution in [0.3, 0.4) is 0 Å². The lowest BCUT2D eigenvalue weighted by Gasteiger charge is -2.09. The van der Waals surface area contributed by atoms with Crippen molar-refractivity contribution in [3.8, 4) is 0 Å². The van der Waals surface area contributed by atoms with Gasteiger partial charge in [0.25, 0.3) is 11.6 Å². The normalized spacial score (nSPS) is 11.0. The van der Waals surface area contributed by atoms with Crippen LogP contribution in [0.25, 0.3) is 0 Å². The molecule has 0 unspecified atom stereocenters. The van der Waals surface area contributed by atoms with Crippen LogP contribution < -0.4 is 15.4 Å². The predicted octanol–water partition coefficient (Wildman–Crippen LogP) is 0.698. The number of non-ortho nitro benzene ring substituents is 1. The Balaban J connectivity index is 1.78. The highest BCUT2D eigenvalue weighted by molar-refractivity contribution is 7.89. The van der Waals surface area contributed by atoms with Gasteiger partial charge in [0.1, 0.15) is 11.6 Å². The maximum atomic E-state index is 13.1. The number of rotatable bonds is 9. The lowest BCUT2D eigenvalue weighted by atomic mass is 10.2. The van der Waals surface area contributed by atoms with E-state index in [1.165, 1.54) is 12.1 Å². The van der Waals surface area contributed by atoms with Gasteiger partial charge in [0.05, 0.1) is 16.4 Å². The summed E-state index contributed by atoms with van der Waals surface area (Å²) in [4.78, 5) is 33.2. The van der Waals surface area contributed by atoms with Crippen molar-refractivity contribution in [2.24, 2.45) is 0 Å². The van der Waals surface area contributed by atoms with Crippen LogP contribution in [0.15, 0.2) is 47.4 Å². The number of nitrogens with one attached hydrogen (secondary N) is 3. The predicted molar refractivity (Wildman–Crippen MR) is 100.0 cm³/mol. The van der Waals surface area contributed by atoms with Gasteiger partial charge in [-0.3, -0.25) is 19.7 Å². The van der Waals surface area contributed by atoms with E-state index in [1.54, 1.807) is 0 Å². The molecule has 0 bridgehead atoms. The lowest BCUT2D eigenvalue weighted by Crippen LogP contribution is -2.40. The number of carbonyl (C=O) groups excluding carboxylic acids is 2. The Morgan fingerprint density at radius 1 is 1.00 bits per heavy atom. The number of sulfonamides is 1. The summed E-state index contributed by atoms with van der Waals surface area (Å²) in [5.41, 5.74) is -0.690. The van der Waals surface area contributed by atoms with Gasteiger partial charge in [-0.2, -0.15) is 0 Å². The number of amides is 2. The zero-order valence-corrected chi connectivity index (χ0v) is 16.0. The molecule has 0 aromatic heterocycles. The molecule has 0 saturated carbocycles. The molecule has 160 valence electrons. The summed E-state index contributed by atoms with van der Waals surface area (Å²) in [5, 5.41) is 15.2. The SMILES string of the molecule is O=C(CNC(=O)c1cc(F)cc(F)c1)NCCNS(=O)(=O)c1cccc([N+](=O)[O-])c1. The van der Waals surface area contributed by atoms with Gasteiger partial charge >= 0.3 is 0 Å². The summed E-state index contributed by atoms with van der Waals surface area (Å²) in [6.07, 6.45) is 0. The van der Waals surface area contributed by atoms with Crippen LogP contribution in [-0.4, -0.2) is 44.8 Å². The summed E-state index contributed by atoms with van der Waals surface area (Å²) in [5.74, 6) is -3.43. The standard InChI is InChI=1S/C17H16F2N4O6S/c18-12-6-11(7-13(19)8-12)17(25)21-10-16(24)20-4-5-22-30(28,29)15-3-1-2-14(9-15)23(26)27/h1-3,6-9,22H,4-5,10H2,(H,20,24)(H,21,25). The molecule has 0 aliphatic rings. The first kappa shape index (κ1) is 22.8. The first-order valence-corrected chi connectivity index (χ1v) is 9.82. The second-order valence-electron chi connectivity index (χ2n) is 5.84. The Hall–Kier alpha value is -3.45. The van der Waals surface area contributed by atoms with Gasteiger partial charge in [-0.25, -0.2) is 21.9 Å². The Bertz CT molecular complexity index is 1060. The third-order valence-electron chi connectivity index (χ3n) is 3.61. The topological polar surface area (TPSA) is 148 Å². The first-order valence-electron chi connectivity index (χ1n) is 8.33. The summed E-state index contributed by atoms with van der Waals surface area (Å²) in [6.45, 7) is -0.869. The Labute approximate surface area is 169 Å². The molecule has 0 spiro atoms. The lowest BCUT2D eigenvalue weighted by molar-refractivity contribution is -0.385. The molecule has 3 N–H and O–H groups in total. The van der Waals surface area contributed by atoms with E-state index in [0.29, 0.717) is 6.07 Å². The van der Waals surface area contributed by atoms with Crippen molar-refractivity contribution in [3.63, 3.8) is 0 Å². The molecule has 0 fully saturated rings. The first-order chi connectivity index (χ1) is 14.1. The zero-order chi connectivity index (χ0) is 22.3. The highest BCUT2D eigenvalue weighted by Gasteiger charge is 2.17. The molecule has 0 saturated heterocycles. The third-order valence-corrected chi connectivity index (χ3v) is 5.07. The van der Waals surface area contributed by atoms with Crippen molar-refractivity contribution < 1.29 is 31.7 Å². The minimum atomic E-state index is -4.03. The van der Waals surface area contributed by atoms with Gasteiger partial charge in [-0.1, -0.05) is 6.07 Å². The van der Waals surface area contributed by atoms with E-state index in [0.717, 1.165) is 24.3 Å². The fourth-order valence-corrected chi connectivity index (χ4v) is 3.32. The van der Waals surface area contributed by atoms with Crippen molar-refractivity contribution in [2.75, 3.05) is 19.6 Å². The minimum absolute atomic E-state index is 0.141. The summed E-state index contributed by atoms with van der Waals surface area (Å²) in [7, 11) is -4.03. The largest absolute Gasteiger partial charge is 0.353 e. The van der Waals surface area contributed by atoms with Crippen LogP contribution in [0.4, 0.5) is 14.5 Å². The molecule has 0 atom stereocenters. The van der Waals surface area contributed by atoms with E-state index >= 15 is 0 Å².